The number of rotatable bonds is 3. The van der Waals surface area contributed by atoms with Crippen LogP contribution in [0.4, 0.5) is 5.69 Å². The first-order valence-electron chi connectivity index (χ1n) is 6.63. The van der Waals surface area contributed by atoms with E-state index in [1.54, 1.807) is 0 Å². The molecule has 0 aliphatic heterocycles. The van der Waals surface area contributed by atoms with Crippen LogP contribution in [0.1, 0.15) is 20.9 Å². The van der Waals surface area contributed by atoms with Gasteiger partial charge in [-0.15, -0.1) is 0 Å². The lowest BCUT2D eigenvalue weighted by Gasteiger charge is -2.06. The van der Waals surface area contributed by atoms with Gasteiger partial charge in [0.15, 0.2) is 5.13 Å². The smallest absolute Gasteiger partial charge is 0.267 e. The van der Waals surface area contributed by atoms with Crippen molar-refractivity contribution in [3.8, 4) is 5.13 Å². The molecule has 0 fully saturated rings. The lowest BCUT2D eigenvalue weighted by atomic mass is 10.2. The predicted octanol–water partition coefficient (Wildman–Crippen LogP) is 3.80. The molecule has 0 bridgehead atoms. The number of thiazole rings is 1. The van der Waals surface area contributed by atoms with E-state index in [1.807, 2.05) is 67.2 Å². The third-order valence-electron chi connectivity index (χ3n) is 3.21. The first-order valence-corrected chi connectivity index (χ1v) is 7.44. The Bertz CT molecular complexity index is 775. The molecule has 1 amide bonds. The quantitative estimate of drug-likeness (QED) is 0.799. The van der Waals surface area contributed by atoms with Gasteiger partial charge in [0, 0.05) is 18.1 Å². The maximum Gasteiger partial charge on any atom is 0.267 e. The summed E-state index contributed by atoms with van der Waals surface area (Å²) in [5.41, 5.74) is 2.62. The molecule has 21 heavy (non-hydrogen) atoms. The van der Waals surface area contributed by atoms with Crippen molar-refractivity contribution in [2.24, 2.45) is 0 Å². The SMILES string of the molecule is Cc1ccccc1NC(=O)c1sc(-n2cccc2)nc1C. The van der Waals surface area contributed by atoms with E-state index in [-0.39, 0.29) is 5.91 Å². The fourth-order valence-corrected chi connectivity index (χ4v) is 2.99. The Morgan fingerprint density at radius 3 is 2.57 bits per heavy atom. The van der Waals surface area contributed by atoms with Crippen molar-refractivity contribution in [2.75, 3.05) is 5.32 Å². The summed E-state index contributed by atoms with van der Waals surface area (Å²) in [4.78, 5) is 17.5. The van der Waals surface area contributed by atoms with Gasteiger partial charge in [0.05, 0.1) is 5.69 Å². The minimum Gasteiger partial charge on any atom is -0.321 e. The Morgan fingerprint density at radius 2 is 1.86 bits per heavy atom. The molecule has 1 N–H and O–H groups in total. The standard InChI is InChI=1S/C16H15N3OS/c1-11-7-3-4-8-13(11)18-15(20)14-12(2)17-16(21-14)19-9-5-6-10-19/h3-10H,1-2H3,(H,18,20). The average molecular weight is 297 g/mol. The zero-order chi connectivity index (χ0) is 14.8. The lowest BCUT2D eigenvalue weighted by molar-refractivity contribution is 0.102. The van der Waals surface area contributed by atoms with Crippen LogP contribution >= 0.6 is 11.3 Å². The van der Waals surface area contributed by atoms with Crippen molar-refractivity contribution in [3.05, 3.63) is 64.9 Å². The summed E-state index contributed by atoms with van der Waals surface area (Å²) >= 11 is 1.39. The Morgan fingerprint density at radius 1 is 1.14 bits per heavy atom. The second-order valence-electron chi connectivity index (χ2n) is 4.77. The highest BCUT2D eigenvalue weighted by molar-refractivity contribution is 7.16. The Kier molecular flexibility index (Phi) is 3.58. The molecule has 0 radical (unpaired) electrons. The number of hydrogen-bond acceptors (Lipinski definition) is 3. The third-order valence-corrected chi connectivity index (χ3v) is 4.38. The van der Waals surface area contributed by atoms with Gasteiger partial charge >= 0.3 is 0 Å². The van der Waals surface area contributed by atoms with E-state index < -0.39 is 0 Å². The highest BCUT2D eigenvalue weighted by Crippen LogP contribution is 2.23. The molecule has 1 aromatic carbocycles. The summed E-state index contributed by atoms with van der Waals surface area (Å²) in [7, 11) is 0. The largest absolute Gasteiger partial charge is 0.321 e. The number of benzene rings is 1. The van der Waals surface area contributed by atoms with Crippen molar-refractivity contribution in [2.45, 2.75) is 13.8 Å². The van der Waals surface area contributed by atoms with Crippen LogP contribution in [-0.2, 0) is 0 Å². The topological polar surface area (TPSA) is 46.9 Å². The van der Waals surface area contributed by atoms with Crippen LogP contribution in [0.2, 0.25) is 0 Å². The highest BCUT2D eigenvalue weighted by atomic mass is 32.1. The van der Waals surface area contributed by atoms with Crippen LogP contribution in [-0.4, -0.2) is 15.5 Å². The van der Waals surface area contributed by atoms with Gasteiger partial charge < -0.3 is 9.88 Å². The maximum atomic E-state index is 12.4. The number of para-hydroxylation sites is 1. The molecule has 0 unspecified atom stereocenters. The van der Waals surface area contributed by atoms with Gasteiger partial charge in [-0.25, -0.2) is 4.98 Å². The molecular formula is C16H15N3OS. The third kappa shape index (κ3) is 2.73. The normalized spacial score (nSPS) is 10.6. The van der Waals surface area contributed by atoms with Gasteiger partial charge in [0.2, 0.25) is 0 Å². The van der Waals surface area contributed by atoms with Crippen LogP contribution in [0.15, 0.2) is 48.8 Å². The van der Waals surface area contributed by atoms with E-state index in [2.05, 4.69) is 10.3 Å². The van der Waals surface area contributed by atoms with Crippen molar-refractivity contribution in [1.82, 2.24) is 9.55 Å². The number of aryl methyl sites for hydroxylation is 2. The maximum absolute atomic E-state index is 12.4. The molecule has 3 aromatic rings. The minimum atomic E-state index is -0.113. The summed E-state index contributed by atoms with van der Waals surface area (Å²) in [6.07, 6.45) is 3.84. The summed E-state index contributed by atoms with van der Waals surface area (Å²) in [5.74, 6) is -0.113. The van der Waals surface area contributed by atoms with Crippen molar-refractivity contribution in [3.63, 3.8) is 0 Å². The van der Waals surface area contributed by atoms with E-state index in [0.29, 0.717) is 4.88 Å². The van der Waals surface area contributed by atoms with Crippen LogP contribution in [0.25, 0.3) is 5.13 Å². The fraction of sp³-hybridized carbons (Fsp3) is 0.125. The molecule has 0 aliphatic carbocycles. The summed E-state index contributed by atoms with van der Waals surface area (Å²) in [6, 6.07) is 11.6. The second-order valence-corrected chi connectivity index (χ2v) is 5.75. The zero-order valence-electron chi connectivity index (χ0n) is 11.8. The van der Waals surface area contributed by atoms with Gasteiger partial charge in [-0.3, -0.25) is 4.79 Å². The van der Waals surface area contributed by atoms with E-state index >= 15 is 0 Å². The number of aromatic nitrogens is 2. The summed E-state index contributed by atoms with van der Waals surface area (Å²) in [6.45, 7) is 3.83. The molecule has 5 heteroatoms. The fourth-order valence-electron chi connectivity index (χ4n) is 2.06. The van der Waals surface area contributed by atoms with Crippen LogP contribution in [0.3, 0.4) is 0 Å². The first-order chi connectivity index (χ1) is 10.1. The monoisotopic (exact) mass is 297 g/mol. The molecule has 4 nitrogen and oxygen atoms in total. The van der Waals surface area contributed by atoms with Crippen LogP contribution in [0.5, 0.6) is 0 Å². The van der Waals surface area contributed by atoms with Crippen LogP contribution in [0, 0.1) is 13.8 Å². The molecule has 0 aliphatic rings. The van der Waals surface area contributed by atoms with E-state index in [9.17, 15) is 4.79 Å². The van der Waals surface area contributed by atoms with Crippen molar-refractivity contribution >= 4 is 22.9 Å². The van der Waals surface area contributed by atoms with Gasteiger partial charge in [0.25, 0.3) is 5.91 Å². The van der Waals surface area contributed by atoms with Crippen LogP contribution < -0.4 is 5.32 Å². The molecule has 3 rings (SSSR count). The molecular weight excluding hydrogens is 282 g/mol. The zero-order valence-corrected chi connectivity index (χ0v) is 12.6. The summed E-state index contributed by atoms with van der Waals surface area (Å²) < 4.78 is 1.90. The lowest BCUT2D eigenvalue weighted by Crippen LogP contribution is -2.12. The molecule has 0 saturated heterocycles. The Balaban J connectivity index is 1.87. The predicted molar refractivity (Wildman–Crippen MR) is 85.3 cm³/mol. The van der Waals surface area contributed by atoms with Crippen molar-refractivity contribution < 1.29 is 4.79 Å². The Labute approximate surface area is 127 Å². The Hall–Kier alpha value is -2.40. The minimum absolute atomic E-state index is 0.113. The van der Waals surface area contributed by atoms with Gasteiger partial charge in [-0.2, -0.15) is 0 Å². The number of hydrogen-bond donors (Lipinski definition) is 1. The number of carbonyl (C=O) groups excluding carboxylic acids is 1. The molecule has 0 spiro atoms. The molecule has 0 saturated carbocycles. The number of amides is 1. The van der Waals surface area contributed by atoms with Crippen molar-refractivity contribution in [1.29, 1.82) is 0 Å². The van der Waals surface area contributed by atoms with Gasteiger partial charge in [0.1, 0.15) is 4.88 Å². The highest BCUT2D eigenvalue weighted by Gasteiger charge is 2.16. The number of carbonyl (C=O) groups is 1. The number of anilines is 1. The second kappa shape index (κ2) is 5.54. The molecule has 2 aromatic heterocycles. The number of nitrogens with zero attached hydrogens (tertiary/aromatic N) is 2. The average Bonchev–Trinajstić information content (AvgIpc) is 3.10. The first kappa shape index (κ1) is 13.6. The van der Waals surface area contributed by atoms with E-state index in [4.69, 9.17) is 0 Å². The molecule has 2 heterocycles. The molecule has 0 atom stereocenters. The molecule has 106 valence electrons. The summed E-state index contributed by atoms with van der Waals surface area (Å²) in [5, 5.41) is 3.75. The van der Waals surface area contributed by atoms with E-state index in [1.165, 1.54) is 11.3 Å². The number of nitrogens with one attached hydrogen (secondary N) is 1. The van der Waals surface area contributed by atoms with E-state index in [0.717, 1.165) is 22.1 Å². The van der Waals surface area contributed by atoms with Gasteiger partial charge in [-0.05, 0) is 37.6 Å². The van der Waals surface area contributed by atoms with Gasteiger partial charge in [-0.1, -0.05) is 29.5 Å².